The number of ether oxygens (including phenoxy) is 2. The minimum atomic E-state index is -1.02. The van der Waals surface area contributed by atoms with Crippen molar-refractivity contribution in [3.8, 4) is 0 Å². The predicted molar refractivity (Wildman–Crippen MR) is 52.3 cm³/mol. The summed E-state index contributed by atoms with van der Waals surface area (Å²) in [4.78, 5) is 9.81. The Morgan fingerprint density at radius 1 is 1.44 bits per heavy atom. The lowest BCUT2D eigenvalue weighted by molar-refractivity contribution is -0.387. The van der Waals surface area contributed by atoms with E-state index in [9.17, 15) is 14.5 Å². The quantitative estimate of drug-likeness (QED) is 0.572. The van der Waals surface area contributed by atoms with Crippen LogP contribution in [0.15, 0.2) is 18.2 Å². The van der Waals surface area contributed by atoms with Crippen molar-refractivity contribution < 1.29 is 18.8 Å². The number of benzene rings is 1. The molecular weight excluding hydrogens is 217 g/mol. The Hall–Kier alpha value is -1.53. The van der Waals surface area contributed by atoms with Gasteiger partial charge in [0.1, 0.15) is 0 Å². The predicted octanol–water partition coefficient (Wildman–Crippen LogP) is 1.95. The third kappa shape index (κ3) is 1.77. The van der Waals surface area contributed by atoms with Gasteiger partial charge in [-0.3, -0.25) is 10.1 Å². The fraction of sp³-hybridized carbons (Fsp3) is 0.400. The Balaban J connectivity index is 2.43. The third-order valence-corrected chi connectivity index (χ3v) is 2.51. The Bertz CT molecular complexity index is 429. The molecule has 5 nitrogen and oxygen atoms in total. The summed E-state index contributed by atoms with van der Waals surface area (Å²) < 4.78 is 23.8. The van der Waals surface area contributed by atoms with Gasteiger partial charge in [-0.1, -0.05) is 6.07 Å². The van der Waals surface area contributed by atoms with Crippen LogP contribution in [0.4, 0.5) is 10.1 Å². The van der Waals surface area contributed by atoms with Crippen LogP contribution in [-0.4, -0.2) is 18.1 Å². The fourth-order valence-electron chi connectivity index (χ4n) is 1.62. The number of halogens is 1. The van der Waals surface area contributed by atoms with Crippen molar-refractivity contribution >= 4 is 5.69 Å². The van der Waals surface area contributed by atoms with Gasteiger partial charge in [-0.25, -0.2) is 0 Å². The van der Waals surface area contributed by atoms with Crippen molar-refractivity contribution in [2.75, 3.05) is 13.2 Å². The van der Waals surface area contributed by atoms with Gasteiger partial charge in [0.2, 0.25) is 5.82 Å². The molecule has 1 aliphatic rings. The Labute approximate surface area is 90.9 Å². The number of hydrogen-bond donors (Lipinski definition) is 0. The molecule has 1 aromatic carbocycles. The first kappa shape index (κ1) is 11.0. The van der Waals surface area contributed by atoms with Crippen LogP contribution in [0.25, 0.3) is 0 Å². The molecule has 6 heteroatoms. The first-order chi connectivity index (χ1) is 7.53. The number of nitro benzene ring substituents is 1. The van der Waals surface area contributed by atoms with E-state index in [-0.39, 0.29) is 0 Å². The first-order valence-electron chi connectivity index (χ1n) is 4.75. The zero-order valence-corrected chi connectivity index (χ0v) is 8.60. The van der Waals surface area contributed by atoms with E-state index in [4.69, 9.17) is 9.47 Å². The summed E-state index contributed by atoms with van der Waals surface area (Å²) in [5.74, 6) is -1.88. The SMILES string of the molecule is CC1(c2ccc(F)c([N+](=O)[O-])c2)OCCO1. The molecule has 86 valence electrons. The highest BCUT2D eigenvalue weighted by molar-refractivity contribution is 5.38. The van der Waals surface area contributed by atoms with Gasteiger partial charge in [0.15, 0.2) is 5.79 Å². The minimum absolute atomic E-state index is 0.418. The molecule has 1 aromatic rings. The molecule has 0 spiro atoms. The average Bonchev–Trinajstić information content (AvgIpc) is 2.66. The summed E-state index contributed by atoms with van der Waals surface area (Å²) >= 11 is 0. The van der Waals surface area contributed by atoms with Gasteiger partial charge >= 0.3 is 5.69 Å². The number of nitrogens with zero attached hydrogens (tertiary/aromatic N) is 1. The van der Waals surface area contributed by atoms with Crippen molar-refractivity contribution in [1.29, 1.82) is 0 Å². The highest BCUT2D eigenvalue weighted by atomic mass is 19.1. The summed E-state index contributed by atoms with van der Waals surface area (Å²) in [6.45, 7) is 2.49. The van der Waals surface area contributed by atoms with Gasteiger partial charge < -0.3 is 9.47 Å². The van der Waals surface area contributed by atoms with Crippen LogP contribution >= 0.6 is 0 Å². The summed E-state index contributed by atoms with van der Waals surface area (Å²) in [6.07, 6.45) is 0. The third-order valence-electron chi connectivity index (χ3n) is 2.51. The fourth-order valence-corrected chi connectivity index (χ4v) is 1.62. The molecule has 0 aliphatic carbocycles. The van der Waals surface area contributed by atoms with Crippen LogP contribution in [0.5, 0.6) is 0 Å². The van der Waals surface area contributed by atoms with E-state index >= 15 is 0 Å². The second-order valence-corrected chi connectivity index (χ2v) is 3.57. The lowest BCUT2D eigenvalue weighted by Gasteiger charge is -2.22. The Morgan fingerprint density at radius 3 is 2.62 bits per heavy atom. The standard InChI is InChI=1S/C10H10FNO4/c1-10(15-4-5-16-10)7-2-3-8(11)9(6-7)12(13)14/h2-3,6H,4-5H2,1H3. The number of hydrogen-bond acceptors (Lipinski definition) is 4. The number of rotatable bonds is 2. The average molecular weight is 227 g/mol. The second-order valence-electron chi connectivity index (χ2n) is 3.57. The topological polar surface area (TPSA) is 61.6 Å². The van der Waals surface area contributed by atoms with Crippen LogP contribution < -0.4 is 0 Å². The monoisotopic (exact) mass is 227 g/mol. The van der Waals surface area contributed by atoms with E-state index < -0.39 is 22.2 Å². The van der Waals surface area contributed by atoms with Crippen LogP contribution in [0, 0.1) is 15.9 Å². The number of nitro groups is 1. The summed E-state index contributed by atoms with van der Waals surface area (Å²) in [5.41, 5.74) is -0.129. The normalized spacial score (nSPS) is 18.6. The highest BCUT2D eigenvalue weighted by Gasteiger charge is 2.34. The minimum Gasteiger partial charge on any atom is -0.344 e. The Kier molecular flexibility index (Phi) is 2.61. The van der Waals surface area contributed by atoms with Gasteiger partial charge in [0, 0.05) is 11.6 Å². The van der Waals surface area contributed by atoms with Gasteiger partial charge in [-0.15, -0.1) is 0 Å². The molecule has 0 unspecified atom stereocenters. The molecule has 1 heterocycles. The van der Waals surface area contributed by atoms with E-state index in [2.05, 4.69) is 0 Å². The maximum Gasteiger partial charge on any atom is 0.305 e. The van der Waals surface area contributed by atoms with Gasteiger partial charge in [0.05, 0.1) is 18.1 Å². The lowest BCUT2D eigenvalue weighted by atomic mass is 10.1. The molecule has 1 saturated heterocycles. The second kappa shape index (κ2) is 3.80. The molecule has 0 saturated carbocycles. The molecule has 0 bridgehead atoms. The van der Waals surface area contributed by atoms with Gasteiger partial charge in [-0.05, 0) is 13.0 Å². The van der Waals surface area contributed by atoms with E-state index in [1.807, 2.05) is 0 Å². The summed E-state index contributed by atoms with van der Waals surface area (Å²) in [7, 11) is 0. The molecule has 0 N–H and O–H groups in total. The van der Waals surface area contributed by atoms with Crippen molar-refractivity contribution in [3.05, 3.63) is 39.7 Å². The van der Waals surface area contributed by atoms with E-state index in [0.29, 0.717) is 18.8 Å². The van der Waals surface area contributed by atoms with Crippen molar-refractivity contribution in [2.24, 2.45) is 0 Å². The van der Waals surface area contributed by atoms with Crippen molar-refractivity contribution in [2.45, 2.75) is 12.7 Å². The van der Waals surface area contributed by atoms with E-state index in [1.54, 1.807) is 6.92 Å². The summed E-state index contributed by atoms with van der Waals surface area (Å²) in [6, 6.07) is 3.61. The molecule has 0 aromatic heterocycles. The van der Waals surface area contributed by atoms with E-state index in [0.717, 1.165) is 12.1 Å². The molecule has 0 radical (unpaired) electrons. The zero-order valence-electron chi connectivity index (χ0n) is 8.60. The maximum absolute atomic E-state index is 13.1. The first-order valence-corrected chi connectivity index (χ1v) is 4.75. The molecule has 16 heavy (non-hydrogen) atoms. The molecular formula is C10H10FNO4. The highest BCUT2D eigenvalue weighted by Crippen LogP contribution is 2.33. The Morgan fingerprint density at radius 2 is 2.06 bits per heavy atom. The smallest absolute Gasteiger partial charge is 0.305 e. The van der Waals surface area contributed by atoms with Crippen LogP contribution in [0.3, 0.4) is 0 Å². The molecule has 1 fully saturated rings. The van der Waals surface area contributed by atoms with Gasteiger partial charge in [-0.2, -0.15) is 4.39 Å². The molecule has 2 rings (SSSR count). The van der Waals surface area contributed by atoms with Crippen molar-refractivity contribution in [3.63, 3.8) is 0 Å². The van der Waals surface area contributed by atoms with Gasteiger partial charge in [0.25, 0.3) is 0 Å². The maximum atomic E-state index is 13.1. The zero-order chi connectivity index (χ0) is 11.8. The molecule has 1 aliphatic heterocycles. The van der Waals surface area contributed by atoms with Crippen LogP contribution in [-0.2, 0) is 15.3 Å². The molecule has 0 amide bonds. The summed E-state index contributed by atoms with van der Waals surface area (Å²) in [5, 5.41) is 10.6. The molecule has 0 atom stereocenters. The van der Waals surface area contributed by atoms with E-state index in [1.165, 1.54) is 6.07 Å². The van der Waals surface area contributed by atoms with Crippen molar-refractivity contribution in [1.82, 2.24) is 0 Å². The van der Waals surface area contributed by atoms with Crippen LogP contribution in [0.2, 0.25) is 0 Å². The van der Waals surface area contributed by atoms with Crippen LogP contribution in [0.1, 0.15) is 12.5 Å². The largest absolute Gasteiger partial charge is 0.344 e. The lowest BCUT2D eigenvalue weighted by Crippen LogP contribution is -2.22.